The van der Waals surface area contributed by atoms with E-state index in [0.29, 0.717) is 6.54 Å². The van der Waals surface area contributed by atoms with Crippen LogP contribution in [0.3, 0.4) is 0 Å². The molecule has 1 saturated heterocycles. The van der Waals surface area contributed by atoms with Crippen LogP contribution in [0.4, 0.5) is 0 Å². The second kappa shape index (κ2) is 5.01. The van der Waals surface area contributed by atoms with Gasteiger partial charge in [0.25, 0.3) is 0 Å². The topological polar surface area (TPSA) is 49.6 Å². The molecule has 1 fully saturated rings. The number of rotatable bonds is 4. The number of hydrogen-bond donors (Lipinski definition) is 0. The third-order valence-corrected chi connectivity index (χ3v) is 2.47. The summed E-state index contributed by atoms with van der Waals surface area (Å²) in [5, 5.41) is 11.1. The molecule has 0 aromatic rings. The maximum atomic E-state index is 10.3. The Morgan fingerprint density at radius 1 is 1.38 bits per heavy atom. The minimum absolute atomic E-state index is 0.357. The SMILES string of the molecule is CN(CCN1CCCCC1)[N+](=O)[O-]. The first-order valence-electron chi connectivity index (χ1n) is 4.78. The van der Waals surface area contributed by atoms with Gasteiger partial charge in [-0.15, -0.1) is 5.01 Å². The van der Waals surface area contributed by atoms with Crippen LogP contribution < -0.4 is 0 Å². The quantitative estimate of drug-likeness (QED) is 0.477. The highest BCUT2D eigenvalue weighted by molar-refractivity contribution is 4.64. The number of likely N-dealkylation sites (N-methyl/N-ethyl adjacent to an activating group) is 1. The van der Waals surface area contributed by atoms with E-state index in [1.165, 1.54) is 26.3 Å². The highest BCUT2D eigenvalue weighted by Crippen LogP contribution is 2.07. The normalized spacial score (nSPS) is 18.5. The minimum atomic E-state index is -0.357. The van der Waals surface area contributed by atoms with E-state index in [4.69, 9.17) is 0 Å². The second-order valence-electron chi connectivity index (χ2n) is 3.52. The van der Waals surface area contributed by atoms with E-state index in [1.54, 1.807) is 0 Å². The van der Waals surface area contributed by atoms with Crippen LogP contribution in [-0.4, -0.2) is 48.2 Å². The highest BCUT2D eigenvalue weighted by Gasteiger charge is 2.13. The largest absolute Gasteiger partial charge is 0.301 e. The van der Waals surface area contributed by atoms with Crippen LogP contribution in [0, 0.1) is 10.1 Å². The zero-order chi connectivity index (χ0) is 9.68. The summed E-state index contributed by atoms with van der Waals surface area (Å²) in [6, 6.07) is 0. The maximum Gasteiger partial charge on any atom is 0.159 e. The van der Waals surface area contributed by atoms with Crippen molar-refractivity contribution in [3.05, 3.63) is 10.1 Å². The van der Waals surface area contributed by atoms with Gasteiger partial charge in [0.2, 0.25) is 0 Å². The molecule has 5 nitrogen and oxygen atoms in total. The van der Waals surface area contributed by atoms with Gasteiger partial charge in [-0.25, -0.2) is 10.1 Å². The number of hydrazine groups is 1. The van der Waals surface area contributed by atoms with E-state index in [1.807, 2.05) is 0 Å². The van der Waals surface area contributed by atoms with Crippen LogP contribution in [0.5, 0.6) is 0 Å². The zero-order valence-electron chi connectivity index (χ0n) is 8.11. The lowest BCUT2D eigenvalue weighted by molar-refractivity contribution is -0.648. The minimum Gasteiger partial charge on any atom is -0.301 e. The fourth-order valence-corrected chi connectivity index (χ4v) is 1.55. The van der Waals surface area contributed by atoms with Crippen LogP contribution in [0.15, 0.2) is 0 Å². The molecule has 1 heterocycles. The molecule has 0 bridgehead atoms. The molecule has 0 aromatic carbocycles. The van der Waals surface area contributed by atoms with Crippen molar-refractivity contribution in [2.24, 2.45) is 0 Å². The smallest absolute Gasteiger partial charge is 0.159 e. The first kappa shape index (κ1) is 10.2. The predicted octanol–water partition coefficient (Wildman–Crippen LogP) is 0.596. The molecule has 0 amide bonds. The Hall–Kier alpha value is -0.840. The third-order valence-electron chi connectivity index (χ3n) is 2.47. The summed E-state index contributed by atoms with van der Waals surface area (Å²) in [5.74, 6) is 0. The molecule has 0 atom stereocenters. The Balaban J connectivity index is 2.13. The Morgan fingerprint density at radius 3 is 2.54 bits per heavy atom. The van der Waals surface area contributed by atoms with Crippen molar-refractivity contribution >= 4 is 0 Å². The molecule has 1 rings (SSSR count). The van der Waals surface area contributed by atoms with Gasteiger partial charge in [0.05, 0.1) is 13.6 Å². The molecule has 0 aliphatic carbocycles. The predicted molar refractivity (Wildman–Crippen MR) is 49.9 cm³/mol. The molecular weight excluding hydrogens is 170 g/mol. The fourth-order valence-electron chi connectivity index (χ4n) is 1.55. The first-order valence-corrected chi connectivity index (χ1v) is 4.78. The summed E-state index contributed by atoms with van der Waals surface area (Å²) in [6.07, 6.45) is 3.78. The third kappa shape index (κ3) is 3.59. The molecule has 0 spiro atoms. The number of nitrogens with zero attached hydrogens (tertiary/aromatic N) is 3. The van der Waals surface area contributed by atoms with E-state index in [9.17, 15) is 10.1 Å². The van der Waals surface area contributed by atoms with Gasteiger partial charge in [-0.05, 0) is 25.9 Å². The lowest BCUT2D eigenvalue weighted by Gasteiger charge is -2.26. The molecule has 0 aromatic heterocycles. The lowest BCUT2D eigenvalue weighted by Crippen LogP contribution is -2.38. The monoisotopic (exact) mass is 187 g/mol. The van der Waals surface area contributed by atoms with E-state index in [0.717, 1.165) is 24.6 Å². The van der Waals surface area contributed by atoms with Gasteiger partial charge >= 0.3 is 0 Å². The van der Waals surface area contributed by atoms with Crippen molar-refractivity contribution in [1.82, 2.24) is 9.91 Å². The summed E-state index contributed by atoms with van der Waals surface area (Å²) >= 11 is 0. The van der Waals surface area contributed by atoms with Crippen molar-refractivity contribution in [1.29, 1.82) is 0 Å². The second-order valence-corrected chi connectivity index (χ2v) is 3.52. The fraction of sp³-hybridized carbons (Fsp3) is 1.00. The van der Waals surface area contributed by atoms with Crippen LogP contribution >= 0.6 is 0 Å². The summed E-state index contributed by atoms with van der Waals surface area (Å²) in [4.78, 5) is 12.6. The van der Waals surface area contributed by atoms with Crippen molar-refractivity contribution < 1.29 is 5.03 Å². The van der Waals surface area contributed by atoms with Crippen LogP contribution in [0.2, 0.25) is 0 Å². The summed E-state index contributed by atoms with van der Waals surface area (Å²) in [6.45, 7) is 3.54. The van der Waals surface area contributed by atoms with E-state index < -0.39 is 0 Å². The average molecular weight is 187 g/mol. The van der Waals surface area contributed by atoms with Gasteiger partial charge in [-0.1, -0.05) is 6.42 Å². The molecule has 76 valence electrons. The van der Waals surface area contributed by atoms with Gasteiger partial charge in [0, 0.05) is 6.54 Å². The Morgan fingerprint density at radius 2 is 2.00 bits per heavy atom. The number of nitro groups is 1. The zero-order valence-corrected chi connectivity index (χ0v) is 8.11. The van der Waals surface area contributed by atoms with Crippen molar-refractivity contribution in [2.75, 3.05) is 33.2 Å². The van der Waals surface area contributed by atoms with Gasteiger partial charge in [-0.2, -0.15) is 0 Å². The molecular formula is C8H17N3O2. The van der Waals surface area contributed by atoms with Crippen molar-refractivity contribution in [3.8, 4) is 0 Å². The Labute approximate surface area is 78.4 Å². The van der Waals surface area contributed by atoms with Crippen molar-refractivity contribution in [3.63, 3.8) is 0 Å². The summed E-state index contributed by atoms with van der Waals surface area (Å²) in [7, 11) is 1.52. The molecule has 1 aliphatic rings. The van der Waals surface area contributed by atoms with Gasteiger partial charge < -0.3 is 4.90 Å². The summed E-state index contributed by atoms with van der Waals surface area (Å²) < 4.78 is 0. The summed E-state index contributed by atoms with van der Waals surface area (Å²) in [5.41, 5.74) is 0. The number of piperidine rings is 1. The molecule has 0 unspecified atom stereocenters. The van der Waals surface area contributed by atoms with Crippen molar-refractivity contribution in [2.45, 2.75) is 19.3 Å². The van der Waals surface area contributed by atoms with E-state index in [-0.39, 0.29) is 5.03 Å². The van der Waals surface area contributed by atoms with Crippen LogP contribution in [0.25, 0.3) is 0 Å². The lowest BCUT2D eigenvalue weighted by atomic mass is 10.1. The van der Waals surface area contributed by atoms with Gasteiger partial charge in [-0.3, -0.25) is 0 Å². The first-order chi connectivity index (χ1) is 6.20. The molecule has 5 heteroatoms. The van der Waals surface area contributed by atoms with Crippen LogP contribution in [-0.2, 0) is 0 Å². The molecule has 0 N–H and O–H groups in total. The molecule has 1 aliphatic heterocycles. The Bertz CT molecular complexity index is 169. The van der Waals surface area contributed by atoms with E-state index in [2.05, 4.69) is 4.90 Å². The van der Waals surface area contributed by atoms with Crippen LogP contribution in [0.1, 0.15) is 19.3 Å². The number of hydrogen-bond acceptors (Lipinski definition) is 3. The molecule has 0 saturated carbocycles. The van der Waals surface area contributed by atoms with Gasteiger partial charge in [0.15, 0.2) is 5.03 Å². The molecule has 13 heavy (non-hydrogen) atoms. The standard InChI is InChI=1S/C8H17N3O2/c1-9(11(12)13)7-8-10-5-3-2-4-6-10/h2-8H2,1H3. The highest BCUT2D eigenvalue weighted by atomic mass is 16.7. The van der Waals surface area contributed by atoms with Gasteiger partial charge in [0.1, 0.15) is 0 Å². The number of likely N-dealkylation sites (tertiary alicyclic amines) is 1. The average Bonchev–Trinajstić information content (AvgIpc) is 2.15. The maximum absolute atomic E-state index is 10.3. The Kier molecular flexibility index (Phi) is 3.95. The molecule has 0 radical (unpaired) electrons. The van der Waals surface area contributed by atoms with E-state index >= 15 is 0 Å².